The monoisotopic (exact) mass is 443 g/mol. The molecule has 0 spiro atoms. The van der Waals surface area contributed by atoms with Gasteiger partial charge in [0.2, 0.25) is 0 Å². The van der Waals surface area contributed by atoms with Gasteiger partial charge in [0.1, 0.15) is 0 Å². The van der Waals surface area contributed by atoms with Gasteiger partial charge in [-0.3, -0.25) is 0 Å². The predicted molar refractivity (Wildman–Crippen MR) is 95.9 cm³/mol. The van der Waals surface area contributed by atoms with Crippen molar-refractivity contribution in [3.05, 3.63) is 59.9 Å². The molecule has 21 heavy (non-hydrogen) atoms. The van der Waals surface area contributed by atoms with E-state index in [1.807, 2.05) is 41.8 Å². The van der Waals surface area contributed by atoms with Gasteiger partial charge in [-0.1, -0.05) is 30.3 Å². The molecule has 2 heterocycles. The van der Waals surface area contributed by atoms with Gasteiger partial charge < -0.3 is 5.11 Å². The van der Waals surface area contributed by atoms with E-state index in [1.165, 1.54) is 0 Å². The number of thiophene rings is 1. The van der Waals surface area contributed by atoms with Crippen molar-refractivity contribution < 1.29 is 5.11 Å². The largest absolute Gasteiger partial charge is 0.388 e. The molecule has 2 aromatic heterocycles. The van der Waals surface area contributed by atoms with Crippen molar-refractivity contribution in [1.82, 2.24) is 4.98 Å². The van der Waals surface area contributed by atoms with Gasteiger partial charge in [-0.25, -0.2) is 4.98 Å². The lowest BCUT2D eigenvalue weighted by Gasteiger charge is -2.07. The predicted octanol–water partition coefficient (Wildman–Crippen LogP) is 5.67. The van der Waals surface area contributed by atoms with Crippen LogP contribution in [0.25, 0.3) is 11.3 Å². The molecule has 6 heteroatoms. The van der Waals surface area contributed by atoms with E-state index in [9.17, 15) is 5.11 Å². The van der Waals surface area contributed by atoms with Crippen LogP contribution in [0.3, 0.4) is 0 Å². The van der Waals surface area contributed by atoms with Gasteiger partial charge in [-0.05, 0) is 37.9 Å². The number of aliphatic hydroxyl groups is 1. The number of aromatic nitrogens is 1. The highest BCUT2D eigenvalue weighted by atomic mass is 79.9. The van der Waals surface area contributed by atoms with Crippen molar-refractivity contribution in [1.29, 1.82) is 0 Å². The van der Waals surface area contributed by atoms with E-state index < -0.39 is 6.10 Å². The molecule has 0 radical (unpaired) electrons. The summed E-state index contributed by atoms with van der Waals surface area (Å²) in [6.07, 6.45) is -0.0177. The summed E-state index contributed by atoms with van der Waals surface area (Å²) in [5, 5.41) is 13.3. The number of hydrogen-bond donors (Lipinski definition) is 1. The maximum Gasteiger partial charge on any atom is 0.0961 e. The Labute approximate surface area is 147 Å². The summed E-state index contributed by atoms with van der Waals surface area (Å²) < 4.78 is 1.97. The number of nitrogens with zero attached hydrogens (tertiary/aromatic N) is 1. The van der Waals surface area contributed by atoms with Crippen LogP contribution in [0.4, 0.5) is 0 Å². The minimum Gasteiger partial charge on any atom is -0.388 e. The third-order valence-electron chi connectivity index (χ3n) is 3.03. The second-order valence-corrected chi connectivity index (χ2v) is 9.18. The van der Waals surface area contributed by atoms with Crippen molar-refractivity contribution in [3.63, 3.8) is 0 Å². The third-order valence-corrected chi connectivity index (χ3v) is 6.29. The Morgan fingerprint density at radius 2 is 1.95 bits per heavy atom. The zero-order chi connectivity index (χ0) is 14.8. The van der Waals surface area contributed by atoms with Gasteiger partial charge in [0.15, 0.2) is 0 Å². The molecule has 0 saturated heterocycles. The van der Waals surface area contributed by atoms with Crippen molar-refractivity contribution >= 4 is 54.5 Å². The van der Waals surface area contributed by atoms with Crippen LogP contribution in [0.15, 0.2) is 49.4 Å². The molecule has 0 fully saturated rings. The lowest BCUT2D eigenvalue weighted by molar-refractivity contribution is 0.178. The van der Waals surface area contributed by atoms with E-state index in [2.05, 4.69) is 36.8 Å². The van der Waals surface area contributed by atoms with Crippen LogP contribution in [0.5, 0.6) is 0 Å². The van der Waals surface area contributed by atoms with E-state index in [4.69, 9.17) is 0 Å². The Balaban J connectivity index is 1.77. The minimum atomic E-state index is -0.545. The number of rotatable bonds is 4. The highest BCUT2D eigenvalue weighted by molar-refractivity contribution is 9.12. The summed E-state index contributed by atoms with van der Waals surface area (Å²) in [5.74, 6) is 0. The Hall–Kier alpha value is -0.530. The highest BCUT2D eigenvalue weighted by Gasteiger charge is 2.17. The fourth-order valence-electron chi connectivity index (χ4n) is 2.00. The van der Waals surface area contributed by atoms with Crippen molar-refractivity contribution in [2.24, 2.45) is 0 Å². The molecule has 3 rings (SSSR count). The van der Waals surface area contributed by atoms with Gasteiger partial charge in [0, 0.05) is 22.9 Å². The van der Waals surface area contributed by atoms with Crippen molar-refractivity contribution in [2.45, 2.75) is 12.5 Å². The first-order valence-electron chi connectivity index (χ1n) is 6.26. The molecule has 0 aliphatic rings. The molecule has 1 aromatic carbocycles. The summed E-state index contributed by atoms with van der Waals surface area (Å²) in [7, 11) is 0. The molecule has 0 amide bonds. The van der Waals surface area contributed by atoms with Crippen LogP contribution in [0.2, 0.25) is 0 Å². The Bertz CT molecular complexity index is 739. The summed E-state index contributed by atoms with van der Waals surface area (Å²) in [4.78, 5) is 4.62. The normalized spacial score (nSPS) is 12.5. The lowest BCUT2D eigenvalue weighted by atomic mass is 10.1. The molecule has 1 atom stereocenters. The molecule has 0 saturated carbocycles. The lowest BCUT2D eigenvalue weighted by Crippen LogP contribution is -2.00. The molecule has 0 aliphatic heterocycles. The minimum absolute atomic E-state index is 0.527. The molecule has 2 nitrogen and oxygen atoms in total. The van der Waals surface area contributed by atoms with Crippen LogP contribution >= 0.6 is 54.5 Å². The first-order valence-corrected chi connectivity index (χ1v) is 9.54. The van der Waals surface area contributed by atoms with E-state index in [1.54, 1.807) is 22.7 Å². The fourth-order valence-corrected chi connectivity index (χ4v) is 5.80. The number of aliphatic hydroxyl groups excluding tert-OH is 1. The van der Waals surface area contributed by atoms with Gasteiger partial charge in [-0.2, -0.15) is 0 Å². The average Bonchev–Trinajstić information content (AvgIpc) is 3.06. The summed E-state index contributed by atoms with van der Waals surface area (Å²) >= 11 is 10.1. The quantitative estimate of drug-likeness (QED) is 0.562. The molecule has 0 bridgehead atoms. The summed E-state index contributed by atoms with van der Waals surface area (Å²) in [6, 6.07) is 12.0. The first kappa shape index (κ1) is 15.4. The SMILES string of the molecule is OC(Cc1nc(-c2ccccc2)cs1)c1cc(Br)sc1Br. The number of thiazole rings is 1. The molecule has 1 N–H and O–H groups in total. The molecule has 3 aromatic rings. The topological polar surface area (TPSA) is 33.1 Å². The molecular weight excluding hydrogens is 434 g/mol. The number of benzene rings is 1. The molecule has 0 aliphatic carbocycles. The van der Waals surface area contributed by atoms with Crippen LogP contribution in [0, 0.1) is 0 Å². The van der Waals surface area contributed by atoms with Crippen LogP contribution in [-0.2, 0) is 6.42 Å². The second kappa shape index (κ2) is 6.71. The van der Waals surface area contributed by atoms with Crippen LogP contribution in [-0.4, -0.2) is 10.1 Å². The van der Waals surface area contributed by atoms with Gasteiger partial charge >= 0.3 is 0 Å². The van der Waals surface area contributed by atoms with Crippen LogP contribution < -0.4 is 0 Å². The van der Waals surface area contributed by atoms with Crippen molar-refractivity contribution in [3.8, 4) is 11.3 Å². The zero-order valence-corrected chi connectivity index (χ0v) is 15.6. The fraction of sp³-hybridized carbons (Fsp3) is 0.133. The summed E-state index contributed by atoms with van der Waals surface area (Å²) in [6.45, 7) is 0. The van der Waals surface area contributed by atoms with Gasteiger partial charge in [0.05, 0.1) is 24.4 Å². The van der Waals surface area contributed by atoms with Crippen molar-refractivity contribution in [2.75, 3.05) is 0 Å². The number of hydrogen-bond acceptors (Lipinski definition) is 4. The highest BCUT2D eigenvalue weighted by Crippen LogP contribution is 2.37. The van der Waals surface area contributed by atoms with E-state index in [0.717, 1.165) is 29.4 Å². The Kier molecular flexibility index (Phi) is 4.91. The molecule has 108 valence electrons. The van der Waals surface area contributed by atoms with E-state index in [0.29, 0.717) is 6.42 Å². The molecule has 1 unspecified atom stereocenters. The average molecular weight is 445 g/mol. The Morgan fingerprint density at radius 3 is 2.62 bits per heavy atom. The van der Waals surface area contributed by atoms with E-state index in [-0.39, 0.29) is 0 Å². The zero-order valence-electron chi connectivity index (χ0n) is 10.8. The van der Waals surface area contributed by atoms with Gasteiger partial charge in [-0.15, -0.1) is 22.7 Å². The van der Waals surface area contributed by atoms with E-state index >= 15 is 0 Å². The van der Waals surface area contributed by atoms with Gasteiger partial charge in [0.25, 0.3) is 0 Å². The standard InChI is InChI=1S/C15H11Br2NOS2/c16-13-6-10(15(17)21-13)12(19)7-14-18-11(8-20-14)9-4-2-1-3-5-9/h1-6,8,12,19H,7H2. The second-order valence-electron chi connectivity index (χ2n) is 4.49. The summed E-state index contributed by atoms with van der Waals surface area (Å²) in [5.41, 5.74) is 2.98. The van der Waals surface area contributed by atoms with Crippen LogP contribution in [0.1, 0.15) is 16.7 Å². The maximum atomic E-state index is 10.4. The first-order chi connectivity index (χ1) is 10.1. The Morgan fingerprint density at radius 1 is 1.19 bits per heavy atom. The maximum absolute atomic E-state index is 10.4. The smallest absolute Gasteiger partial charge is 0.0961 e. The number of halogens is 2. The molecular formula is C15H11Br2NOS2. The third kappa shape index (κ3) is 3.63.